The Morgan fingerprint density at radius 3 is 2.76 bits per heavy atom. The Morgan fingerprint density at radius 1 is 1.43 bits per heavy atom. The number of hydrogen-bond donors (Lipinski definition) is 2. The fraction of sp³-hybridized carbons (Fsp3) is 0.385. The number of oxime groups is 1. The summed E-state index contributed by atoms with van der Waals surface area (Å²) in [5.41, 5.74) is 4.97. The minimum absolute atomic E-state index is 0.0649. The van der Waals surface area contributed by atoms with Gasteiger partial charge in [0.15, 0.2) is 0 Å². The molecule has 0 saturated heterocycles. The lowest BCUT2D eigenvalue weighted by molar-refractivity contribution is 0.0695. The van der Waals surface area contributed by atoms with Gasteiger partial charge in [0, 0.05) is 26.6 Å². The van der Waals surface area contributed by atoms with Crippen molar-refractivity contribution >= 4 is 11.7 Å². The third-order valence-electron chi connectivity index (χ3n) is 2.78. The minimum atomic E-state index is -0.812. The van der Waals surface area contributed by atoms with Crippen molar-refractivity contribution in [1.82, 2.24) is 4.90 Å². The first-order chi connectivity index (χ1) is 9.99. The molecule has 6 nitrogen and oxygen atoms in total. The summed E-state index contributed by atoms with van der Waals surface area (Å²) in [6.07, 6.45) is 0.100. The molecule has 0 aliphatic rings. The lowest BCUT2D eigenvalue weighted by atomic mass is 10.1. The number of benzene rings is 1. The first-order valence-corrected chi connectivity index (χ1v) is 6.19. The van der Waals surface area contributed by atoms with Gasteiger partial charge in [-0.25, -0.2) is 8.78 Å². The first-order valence-electron chi connectivity index (χ1n) is 6.19. The highest BCUT2D eigenvalue weighted by Gasteiger charge is 2.20. The Labute approximate surface area is 120 Å². The Hall–Kier alpha value is -2.22. The smallest absolute Gasteiger partial charge is 0.257 e. The molecule has 0 unspecified atom stereocenters. The standard InChI is InChI=1S/C13H17F2N3O3/c1-21-7-6-18(5-4-12(16)17-20)13(19)10-8-9(14)2-3-11(10)15/h2-3,8,20H,4-7H2,1H3,(H2,16,17). The molecule has 1 amide bonds. The van der Waals surface area contributed by atoms with E-state index in [-0.39, 0.29) is 37.5 Å². The Balaban J connectivity index is 2.90. The number of rotatable bonds is 7. The van der Waals surface area contributed by atoms with E-state index in [1.54, 1.807) is 0 Å². The molecule has 0 radical (unpaired) electrons. The maximum atomic E-state index is 13.6. The summed E-state index contributed by atoms with van der Waals surface area (Å²) >= 11 is 0. The van der Waals surface area contributed by atoms with Crippen molar-refractivity contribution in [3.8, 4) is 0 Å². The topological polar surface area (TPSA) is 88.2 Å². The highest BCUT2D eigenvalue weighted by molar-refractivity contribution is 5.94. The van der Waals surface area contributed by atoms with Crippen molar-refractivity contribution in [1.29, 1.82) is 0 Å². The average Bonchev–Trinajstić information content (AvgIpc) is 2.48. The maximum absolute atomic E-state index is 13.6. The SMILES string of the molecule is COCCN(CCC(N)=NO)C(=O)c1cc(F)ccc1F. The normalized spacial score (nSPS) is 11.5. The molecule has 0 saturated carbocycles. The van der Waals surface area contributed by atoms with Crippen molar-refractivity contribution < 1.29 is 23.5 Å². The fourth-order valence-corrected chi connectivity index (χ4v) is 1.65. The van der Waals surface area contributed by atoms with E-state index in [9.17, 15) is 13.6 Å². The predicted molar refractivity (Wildman–Crippen MR) is 72.2 cm³/mol. The van der Waals surface area contributed by atoms with Crippen molar-refractivity contribution in [3.63, 3.8) is 0 Å². The van der Waals surface area contributed by atoms with E-state index >= 15 is 0 Å². The van der Waals surface area contributed by atoms with E-state index in [0.29, 0.717) is 0 Å². The van der Waals surface area contributed by atoms with Crippen molar-refractivity contribution in [2.45, 2.75) is 6.42 Å². The van der Waals surface area contributed by atoms with Crippen LogP contribution in [0, 0.1) is 11.6 Å². The average molecular weight is 301 g/mol. The van der Waals surface area contributed by atoms with Gasteiger partial charge in [-0.3, -0.25) is 4.79 Å². The van der Waals surface area contributed by atoms with Crippen LogP contribution in [0.4, 0.5) is 8.78 Å². The van der Waals surface area contributed by atoms with Crippen molar-refractivity contribution in [2.24, 2.45) is 10.9 Å². The van der Waals surface area contributed by atoms with E-state index in [1.165, 1.54) is 12.0 Å². The molecular weight excluding hydrogens is 284 g/mol. The van der Waals surface area contributed by atoms with Crippen molar-refractivity contribution in [2.75, 3.05) is 26.8 Å². The van der Waals surface area contributed by atoms with E-state index < -0.39 is 17.5 Å². The number of carbonyl (C=O) groups is 1. The van der Waals surface area contributed by atoms with Gasteiger partial charge in [0.05, 0.1) is 12.2 Å². The summed E-state index contributed by atoms with van der Waals surface area (Å²) in [4.78, 5) is 13.5. The molecule has 21 heavy (non-hydrogen) atoms. The van der Waals surface area contributed by atoms with E-state index in [2.05, 4.69) is 5.16 Å². The van der Waals surface area contributed by atoms with Gasteiger partial charge in [0.2, 0.25) is 0 Å². The van der Waals surface area contributed by atoms with Gasteiger partial charge in [-0.05, 0) is 18.2 Å². The van der Waals surface area contributed by atoms with E-state index in [4.69, 9.17) is 15.7 Å². The highest BCUT2D eigenvalue weighted by Crippen LogP contribution is 2.13. The summed E-state index contributed by atoms with van der Waals surface area (Å²) in [6.45, 7) is 0.483. The Morgan fingerprint density at radius 2 is 2.14 bits per heavy atom. The molecule has 0 aliphatic heterocycles. The zero-order valence-electron chi connectivity index (χ0n) is 11.6. The summed E-state index contributed by atoms with van der Waals surface area (Å²) in [7, 11) is 1.45. The van der Waals surface area contributed by atoms with Crippen LogP contribution in [0.5, 0.6) is 0 Å². The molecule has 1 rings (SSSR count). The summed E-state index contributed by atoms with van der Waals surface area (Å²) in [5, 5.41) is 11.3. The zero-order chi connectivity index (χ0) is 15.8. The van der Waals surface area contributed by atoms with Gasteiger partial charge in [-0.15, -0.1) is 0 Å². The summed E-state index contributed by atoms with van der Waals surface area (Å²) in [6, 6.07) is 2.66. The van der Waals surface area contributed by atoms with Crippen LogP contribution < -0.4 is 5.73 Å². The van der Waals surface area contributed by atoms with Crippen LogP contribution >= 0.6 is 0 Å². The molecule has 0 fully saturated rings. The molecule has 8 heteroatoms. The molecule has 3 N–H and O–H groups in total. The Bertz CT molecular complexity index is 523. The fourth-order valence-electron chi connectivity index (χ4n) is 1.65. The molecule has 1 aromatic rings. The second kappa shape index (κ2) is 8.15. The van der Waals surface area contributed by atoms with Crippen LogP contribution in [0.15, 0.2) is 23.4 Å². The molecule has 0 atom stereocenters. The quantitative estimate of drug-likeness (QED) is 0.343. The third kappa shape index (κ3) is 4.99. The highest BCUT2D eigenvalue weighted by atomic mass is 19.1. The van der Waals surface area contributed by atoms with E-state index in [0.717, 1.165) is 18.2 Å². The van der Waals surface area contributed by atoms with Gasteiger partial charge >= 0.3 is 0 Å². The van der Waals surface area contributed by atoms with Gasteiger partial charge in [0.1, 0.15) is 17.5 Å². The number of amidine groups is 1. The number of ether oxygens (including phenoxy) is 1. The summed E-state index contributed by atoms with van der Waals surface area (Å²) in [5.74, 6) is -2.27. The lowest BCUT2D eigenvalue weighted by Crippen LogP contribution is -2.37. The number of methoxy groups -OCH3 is 1. The van der Waals surface area contributed by atoms with Crippen LogP contribution in [-0.4, -0.2) is 48.7 Å². The largest absolute Gasteiger partial charge is 0.409 e. The monoisotopic (exact) mass is 301 g/mol. The first kappa shape index (κ1) is 16.8. The molecule has 1 aromatic carbocycles. The lowest BCUT2D eigenvalue weighted by Gasteiger charge is -2.22. The second-order valence-electron chi connectivity index (χ2n) is 4.25. The van der Waals surface area contributed by atoms with Crippen LogP contribution in [0.2, 0.25) is 0 Å². The molecule has 0 bridgehead atoms. The van der Waals surface area contributed by atoms with Gasteiger partial charge in [0.25, 0.3) is 5.91 Å². The van der Waals surface area contributed by atoms with Crippen LogP contribution in [0.25, 0.3) is 0 Å². The molecule has 0 aromatic heterocycles. The Kier molecular flexibility index (Phi) is 6.54. The molecule has 116 valence electrons. The maximum Gasteiger partial charge on any atom is 0.257 e. The summed E-state index contributed by atoms with van der Waals surface area (Å²) < 4.78 is 31.7. The number of carbonyl (C=O) groups excluding carboxylic acids is 1. The van der Waals surface area contributed by atoms with Gasteiger partial charge in [-0.1, -0.05) is 5.16 Å². The molecule has 0 heterocycles. The number of hydrogen-bond acceptors (Lipinski definition) is 4. The van der Waals surface area contributed by atoms with Crippen molar-refractivity contribution in [3.05, 3.63) is 35.4 Å². The third-order valence-corrected chi connectivity index (χ3v) is 2.78. The number of amides is 1. The van der Waals surface area contributed by atoms with E-state index in [1.807, 2.05) is 0 Å². The minimum Gasteiger partial charge on any atom is -0.409 e. The van der Waals surface area contributed by atoms with Gasteiger partial charge < -0.3 is 20.6 Å². The van der Waals surface area contributed by atoms with Gasteiger partial charge in [-0.2, -0.15) is 0 Å². The number of nitrogens with two attached hydrogens (primary N) is 1. The number of nitrogens with zero attached hydrogens (tertiary/aromatic N) is 2. The van der Waals surface area contributed by atoms with Crippen LogP contribution in [0.3, 0.4) is 0 Å². The predicted octanol–water partition coefficient (Wildman–Crippen LogP) is 1.19. The molecular formula is C13H17F2N3O3. The molecule has 0 spiro atoms. The second-order valence-corrected chi connectivity index (χ2v) is 4.25. The zero-order valence-corrected chi connectivity index (χ0v) is 11.6. The van der Waals surface area contributed by atoms with Crippen LogP contribution in [0.1, 0.15) is 16.8 Å². The number of halogens is 2. The molecule has 0 aliphatic carbocycles. The van der Waals surface area contributed by atoms with Crippen LogP contribution in [-0.2, 0) is 4.74 Å².